The molecule has 2 amide bonds. The first kappa shape index (κ1) is 16.6. The zero-order chi connectivity index (χ0) is 16.3. The van der Waals surface area contributed by atoms with Crippen LogP contribution in [0.5, 0.6) is 0 Å². The quantitative estimate of drug-likeness (QED) is 0.792. The molecule has 1 saturated carbocycles. The van der Waals surface area contributed by atoms with Crippen LogP contribution in [0.3, 0.4) is 0 Å². The minimum atomic E-state index is -4.66. The van der Waals surface area contributed by atoms with Crippen molar-refractivity contribution in [2.75, 3.05) is 12.4 Å². The molecule has 1 N–H and O–H groups in total. The zero-order valence-electron chi connectivity index (χ0n) is 12.2. The predicted molar refractivity (Wildman–Crippen MR) is 75.1 cm³/mol. The average molecular weight is 318 g/mol. The molecular weight excluding hydrogens is 300 g/mol. The number of amides is 2. The van der Waals surface area contributed by atoms with Gasteiger partial charge in [0.25, 0.3) is 0 Å². The van der Waals surface area contributed by atoms with Gasteiger partial charge in [-0.25, -0.2) is 9.18 Å². The van der Waals surface area contributed by atoms with Crippen LogP contribution in [0.15, 0.2) is 18.2 Å². The first-order valence-corrected chi connectivity index (χ1v) is 7.19. The van der Waals surface area contributed by atoms with E-state index in [1.165, 1.54) is 4.90 Å². The van der Waals surface area contributed by atoms with E-state index < -0.39 is 23.6 Å². The van der Waals surface area contributed by atoms with E-state index >= 15 is 0 Å². The number of nitrogens with zero attached hydrogens (tertiary/aromatic N) is 1. The van der Waals surface area contributed by atoms with Gasteiger partial charge < -0.3 is 10.2 Å². The van der Waals surface area contributed by atoms with Crippen LogP contribution in [0.2, 0.25) is 0 Å². The van der Waals surface area contributed by atoms with Crippen LogP contribution in [-0.4, -0.2) is 24.0 Å². The number of urea groups is 1. The topological polar surface area (TPSA) is 32.3 Å². The molecule has 1 fully saturated rings. The number of carbonyl (C=O) groups is 1. The van der Waals surface area contributed by atoms with Gasteiger partial charge in [0.15, 0.2) is 0 Å². The van der Waals surface area contributed by atoms with Gasteiger partial charge in [0.1, 0.15) is 5.82 Å². The van der Waals surface area contributed by atoms with Crippen molar-refractivity contribution in [2.45, 2.75) is 44.3 Å². The smallest absolute Gasteiger partial charge is 0.325 e. The van der Waals surface area contributed by atoms with Crippen molar-refractivity contribution in [1.29, 1.82) is 0 Å². The second kappa shape index (κ2) is 6.54. The lowest BCUT2D eigenvalue weighted by Crippen LogP contribution is -2.40. The summed E-state index contributed by atoms with van der Waals surface area (Å²) in [5.41, 5.74) is -1.32. The van der Waals surface area contributed by atoms with Crippen LogP contribution < -0.4 is 5.32 Å². The summed E-state index contributed by atoms with van der Waals surface area (Å²) >= 11 is 0. The van der Waals surface area contributed by atoms with Crippen LogP contribution >= 0.6 is 0 Å². The van der Waals surface area contributed by atoms with Crippen molar-refractivity contribution < 1.29 is 22.4 Å². The van der Waals surface area contributed by atoms with E-state index in [-0.39, 0.29) is 11.7 Å². The van der Waals surface area contributed by atoms with E-state index in [9.17, 15) is 22.4 Å². The maximum atomic E-state index is 13.3. The van der Waals surface area contributed by atoms with E-state index in [1.807, 2.05) is 0 Å². The van der Waals surface area contributed by atoms with Crippen LogP contribution in [-0.2, 0) is 6.18 Å². The highest BCUT2D eigenvalue weighted by Gasteiger charge is 2.31. The predicted octanol–water partition coefficient (Wildman–Crippen LogP) is 4.64. The molecule has 3 nitrogen and oxygen atoms in total. The summed E-state index contributed by atoms with van der Waals surface area (Å²) in [4.78, 5) is 13.6. The zero-order valence-corrected chi connectivity index (χ0v) is 12.2. The molecular formula is C15H18F4N2O. The number of hydrogen-bond donors (Lipinski definition) is 1. The molecule has 1 aromatic carbocycles. The Balaban J connectivity index is 2.09. The molecule has 0 radical (unpaired) electrons. The SMILES string of the molecule is CN(C(=O)Nc1cc(F)cc(C(F)(F)F)c1)C1CCCCC1. The number of halogens is 4. The Morgan fingerprint density at radius 3 is 2.41 bits per heavy atom. The second-order valence-corrected chi connectivity index (χ2v) is 5.56. The summed E-state index contributed by atoms with van der Waals surface area (Å²) in [6.45, 7) is 0. The molecule has 2 rings (SSSR count). The van der Waals surface area contributed by atoms with Crippen LogP contribution in [0.1, 0.15) is 37.7 Å². The van der Waals surface area contributed by atoms with Gasteiger partial charge in [-0.15, -0.1) is 0 Å². The molecule has 22 heavy (non-hydrogen) atoms. The summed E-state index contributed by atoms with van der Waals surface area (Å²) in [5, 5.41) is 2.34. The van der Waals surface area contributed by atoms with E-state index in [0.717, 1.165) is 44.2 Å². The van der Waals surface area contributed by atoms with Gasteiger partial charge in [-0.1, -0.05) is 19.3 Å². The van der Waals surface area contributed by atoms with E-state index in [0.29, 0.717) is 6.07 Å². The fourth-order valence-corrected chi connectivity index (χ4v) is 2.67. The Bertz CT molecular complexity index is 539. The molecule has 0 aromatic heterocycles. The molecule has 1 aromatic rings. The fourth-order valence-electron chi connectivity index (χ4n) is 2.67. The third-order valence-corrected chi connectivity index (χ3v) is 3.92. The van der Waals surface area contributed by atoms with Gasteiger partial charge in [0.05, 0.1) is 5.56 Å². The summed E-state index contributed by atoms with van der Waals surface area (Å²) < 4.78 is 51.2. The average Bonchev–Trinajstić information content (AvgIpc) is 2.45. The lowest BCUT2D eigenvalue weighted by Gasteiger charge is -2.31. The van der Waals surface area contributed by atoms with Gasteiger partial charge >= 0.3 is 12.2 Å². The molecule has 0 saturated heterocycles. The normalized spacial score (nSPS) is 16.4. The highest BCUT2D eigenvalue weighted by molar-refractivity contribution is 5.89. The summed E-state index contributed by atoms with van der Waals surface area (Å²) in [7, 11) is 1.61. The molecule has 0 aliphatic heterocycles. The highest BCUT2D eigenvalue weighted by Crippen LogP contribution is 2.32. The van der Waals surface area contributed by atoms with Gasteiger partial charge in [-0.05, 0) is 31.0 Å². The number of hydrogen-bond acceptors (Lipinski definition) is 1. The Hall–Kier alpha value is -1.79. The Kier molecular flexibility index (Phi) is 4.93. The van der Waals surface area contributed by atoms with Gasteiger partial charge in [0, 0.05) is 18.8 Å². The van der Waals surface area contributed by atoms with E-state index in [4.69, 9.17) is 0 Å². The lowest BCUT2D eigenvalue weighted by molar-refractivity contribution is -0.137. The molecule has 0 heterocycles. The summed E-state index contributed by atoms with van der Waals surface area (Å²) in [6.07, 6.45) is 0.282. The van der Waals surface area contributed by atoms with Gasteiger partial charge in [0.2, 0.25) is 0 Å². The molecule has 0 atom stereocenters. The number of nitrogens with one attached hydrogen (secondary N) is 1. The van der Waals surface area contributed by atoms with E-state index in [1.54, 1.807) is 7.05 Å². The van der Waals surface area contributed by atoms with Crippen molar-refractivity contribution in [3.8, 4) is 0 Å². The molecule has 122 valence electrons. The number of alkyl halides is 3. The first-order valence-electron chi connectivity index (χ1n) is 7.19. The maximum absolute atomic E-state index is 13.3. The molecule has 0 spiro atoms. The summed E-state index contributed by atoms with van der Waals surface area (Å²) in [5.74, 6) is -1.04. The van der Waals surface area contributed by atoms with Crippen molar-refractivity contribution in [2.24, 2.45) is 0 Å². The largest absolute Gasteiger partial charge is 0.416 e. The van der Waals surface area contributed by atoms with Crippen LogP contribution in [0.25, 0.3) is 0 Å². The Labute approximate surface area is 126 Å². The third-order valence-electron chi connectivity index (χ3n) is 3.92. The minimum absolute atomic E-state index is 0.0735. The van der Waals surface area contributed by atoms with Crippen molar-refractivity contribution in [3.05, 3.63) is 29.6 Å². The van der Waals surface area contributed by atoms with Crippen molar-refractivity contribution in [3.63, 3.8) is 0 Å². The van der Waals surface area contributed by atoms with Crippen LogP contribution in [0.4, 0.5) is 28.0 Å². The molecule has 7 heteroatoms. The second-order valence-electron chi connectivity index (χ2n) is 5.56. The number of rotatable bonds is 2. The standard InChI is InChI=1S/C15H18F4N2O/c1-21(13-5-3-2-4-6-13)14(22)20-12-8-10(15(17,18)19)7-11(16)9-12/h7-9,13H,2-6H2,1H3,(H,20,22). The third kappa shape index (κ3) is 4.11. The lowest BCUT2D eigenvalue weighted by atomic mass is 9.95. The summed E-state index contributed by atoms with van der Waals surface area (Å²) in [6, 6.07) is 1.56. The number of anilines is 1. The molecule has 1 aliphatic rings. The highest BCUT2D eigenvalue weighted by atomic mass is 19.4. The molecule has 0 unspecified atom stereocenters. The van der Waals surface area contributed by atoms with Crippen molar-refractivity contribution >= 4 is 11.7 Å². The van der Waals surface area contributed by atoms with Gasteiger partial charge in [-0.2, -0.15) is 13.2 Å². The monoisotopic (exact) mass is 318 g/mol. The Morgan fingerprint density at radius 1 is 1.18 bits per heavy atom. The first-order chi connectivity index (χ1) is 10.3. The fraction of sp³-hybridized carbons (Fsp3) is 0.533. The number of benzene rings is 1. The maximum Gasteiger partial charge on any atom is 0.416 e. The minimum Gasteiger partial charge on any atom is -0.325 e. The molecule has 0 bridgehead atoms. The van der Waals surface area contributed by atoms with Gasteiger partial charge in [-0.3, -0.25) is 0 Å². The van der Waals surface area contributed by atoms with E-state index in [2.05, 4.69) is 5.32 Å². The molecule has 1 aliphatic carbocycles. The van der Waals surface area contributed by atoms with Crippen LogP contribution in [0, 0.1) is 5.82 Å². The van der Waals surface area contributed by atoms with Crippen molar-refractivity contribution in [1.82, 2.24) is 4.90 Å². The number of carbonyl (C=O) groups excluding carboxylic acids is 1. The Morgan fingerprint density at radius 2 is 1.82 bits per heavy atom.